The van der Waals surface area contributed by atoms with Crippen LogP contribution in [0.15, 0.2) is 11.4 Å². The van der Waals surface area contributed by atoms with Crippen LogP contribution in [0.1, 0.15) is 10.4 Å². The molecule has 1 rings (SSSR count). The molecule has 0 N–H and O–H groups in total. The maximum atomic E-state index is 11.9. The summed E-state index contributed by atoms with van der Waals surface area (Å²) < 4.78 is 35.7. The molecule has 5 heteroatoms. The van der Waals surface area contributed by atoms with Gasteiger partial charge in [0.15, 0.2) is 0 Å². The Morgan fingerprint density at radius 3 is 2.45 bits per heavy atom. The minimum absolute atomic E-state index is 0.391. The molecule has 0 spiro atoms. The van der Waals surface area contributed by atoms with Crippen LogP contribution in [0, 0.1) is 0 Å². The van der Waals surface area contributed by atoms with Gasteiger partial charge in [0.25, 0.3) is 0 Å². The van der Waals surface area contributed by atoms with E-state index in [1.165, 1.54) is 11.7 Å². The second-order valence-corrected chi connectivity index (χ2v) is 2.68. The third-order valence-corrected chi connectivity index (χ3v) is 1.87. The second kappa shape index (κ2) is 2.65. The standard InChI is InChI=1S/C6H2F3OS/c7-6(8,9)4-1-2-11-5(4)3-10/h1-2H. The molecule has 0 saturated heterocycles. The van der Waals surface area contributed by atoms with Gasteiger partial charge >= 0.3 is 6.18 Å². The summed E-state index contributed by atoms with van der Waals surface area (Å²) in [4.78, 5) is 9.53. The van der Waals surface area contributed by atoms with Crippen molar-refractivity contribution in [3.8, 4) is 0 Å². The van der Waals surface area contributed by atoms with E-state index in [-0.39, 0.29) is 0 Å². The van der Waals surface area contributed by atoms with Gasteiger partial charge in [-0.05, 0) is 11.4 Å². The molecule has 0 bridgehead atoms. The molecule has 0 atom stereocenters. The van der Waals surface area contributed by atoms with Gasteiger partial charge in [-0.25, -0.2) is 0 Å². The lowest BCUT2D eigenvalue weighted by Gasteiger charge is -2.02. The van der Waals surface area contributed by atoms with Crippen molar-refractivity contribution in [3.63, 3.8) is 0 Å². The number of halogens is 3. The third kappa shape index (κ3) is 1.59. The summed E-state index contributed by atoms with van der Waals surface area (Å²) in [5, 5.41) is 1.21. The van der Waals surface area contributed by atoms with Crippen LogP contribution in [0.3, 0.4) is 0 Å². The Bertz CT molecular complexity index is 263. The SMILES string of the molecule is O=[C]c1sccc1C(F)(F)F. The summed E-state index contributed by atoms with van der Waals surface area (Å²) in [6, 6.07) is 0.866. The highest BCUT2D eigenvalue weighted by Crippen LogP contribution is 2.33. The van der Waals surface area contributed by atoms with Crippen LogP contribution < -0.4 is 0 Å². The maximum absolute atomic E-state index is 11.9. The molecule has 0 aliphatic rings. The Kier molecular flexibility index (Phi) is 1.99. The van der Waals surface area contributed by atoms with E-state index in [9.17, 15) is 18.0 Å². The fourth-order valence-electron chi connectivity index (χ4n) is 0.612. The molecule has 0 saturated carbocycles. The molecule has 0 aliphatic heterocycles. The predicted molar refractivity (Wildman–Crippen MR) is 34.1 cm³/mol. The van der Waals surface area contributed by atoms with Gasteiger partial charge in [0.2, 0.25) is 6.29 Å². The number of thiophene rings is 1. The molecular formula is C6H2F3OS. The smallest absolute Gasteiger partial charge is 0.284 e. The van der Waals surface area contributed by atoms with Crippen molar-refractivity contribution >= 4 is 17.6 Å². The van der Waals surface area contributed by atoms with Gasteiger partial charge < -0.3 is 0 Å². The van der Waals surface area contributed by atoms with Crippen molar-refractivity contribution in [2.45, 2.75) is 6.18 Å². The predicted octanol–water partition coefficient (Wildman–Crippen LogP) is 2.22. The largest absolute Gasteiger partial charge is 0.417 e. The van der Waals surface area contributed by atoms with Crippen LogP contribution in [0.25, 0.3) is 0 Å². The molecule has 0 aliphatic carbocycles. The van der Waals surface area contributed by atoms with Gasteiger partial charge in [0, 0.05) is 0 Å². The number of alkyl halides is 3. The van der Waals surface area contributed by atoms with E-state index >= 15 is 0 Å². The molecular weight excluding hydrogens is 177 g/mol. The van der Waals surface area contributed by atoms with E-state index in [1.807, 2.05) is 0 Å². The molecule has 59 valence electrons. The van der Waals surface area contributed by atoms with Gasteiger partial charge in [0.1, 0.15) is 0 Å². The number of hydrogen-bond acceptors (Lipinski definition) is 2. The minimum Gasteiger partial charge on any atom is -0.284 e. The first-order valence-electron chi connectivity index (χ1n) is 2.58. The molecule has 0 fully saturated rings. The fourth-order valence-corrected chi connectivity index (χ4v) is 1.31. The fraction of sp³-hybridized carbons (Fsp3) is 0.167. The van der Waals surface area contributed by atoms with Gasteiger partial charge in [0.05, 0.1) is 10.4 Å². The van der Waals surface area contributed by atoms with Crippen molar-refractivity contribution in [1.29, 1.82) is 0 Å². The van der Waals surface area contributed by atoms with Crippen molar-refractivity contribution in [3.05, 3.63) is 21.9 Å². The summed E-state index contributed by atoms with van der Waals surface area (Å²) in [5.41, 5.74) is -0.905. The lowest BCUT2D eigenvalue weighted by atomic mass is 10.2. The Balaban J connectivity index is 3.12. The van der Waals surface area contributed by atoms with Gasteiger partial charge in [-0.3, -0.25) is 4.79 Å². The minimum atomic E-state index is -4.44. The monoisotopic (exact) mass is 179 g/mol. The maximum Gasteiger partial charge on any atom is 0.417 e. The molecule has 1 nitrogen and oxygen atoms in total. The highest BCUT2D eigenvalue weighted by molar-refractivity contribution is 7.11. The Labute approximate surface area is 64.5 Å². The average molecular weight is 179 g/mol. The van der Waals surface area contributed by atoms with E-state index in [0.29, 0.717) is 0 Å². The number of carbonyl (C=O) groups excluding carboxylic acids is 1. The lowest BCUT2D eigenvalue weighted by Crippen LogP contribution is -2.05. The van der Waals surface area contributed by atoms with Crippen LogP contribution >= 0.6 is 11.3 Å². The average Bonchev–Trinajstić information content (AvgIpc) is 2.31. The van der Waals surface area contributed by atoms with Crippen molar-refractivity contribution in [1.82, 2.24) is 0 Å². The highest BCUT2D eigenvalue weighted by Gasteiger charge is 2.34. The summed E-state index contributed by atoms with van der Waals surface area (Å²) in [7, 11) is 0. The first kappa shape index (κ1) is 8.26. The molecule has 0 aromatic carbocycles. The number of rotatable bonds is 1. The van der Waals surface area contributed by atoms with Gasteiger partial charge in [-0.2, -0.15) is 13.2 Å². The zero-order valence-corrected chi connectivity index (χ0v) is 5.92. The zero-order valence-electron chi connectivity index (χ0n) is 5.11. The normalized spacial score (nSPS) is 11.5. The lowest BCUT2D eigenvalue weighted by molar-refractivity contribution is -0.137. The van der Waals surface area contributed by atoms with Crippen LogP contribution in [-0.4, -0.2) is 6.29 Å². The molecule has 1 heterocycles. The van der Waals surface area contributed by atoms with E-state index < -0.39 is 16.6 Å². The quantitative estimate of drug-likeness (QED) is 0.646. The Hall–Kier alpha value is -0.840. The summed E-state index contributed by atoms with van der Waals surface area (Å²) >= 11 is 0.733. The Morgan fingerprint density at radius 1 is 1.45 bits per heavy atom. The molecule has 1 radical (unpaired) electrons. The highest BCUT2D eigenvalue weighted by atomic mass is 32.1. The molecule has 1 aromatic rings. The van der Waals surface area contributed by atoms with Gasteiger partial charge in [-0.15, -0.1) is 11.3 Å². The zero-order chi connectivity index (χ0) is 8.48. The van der Waals surface area contributed by atoms with E-state index in [1.54, 1.807) is 0 Å². The summed E-state index contributed by atoms with van der Waals surface area (Å²) in [5.74, 6) is 0. The first-order valence-corrected chi connectivity index (χ1v) is 3.46. The molecule has 0 amide bonds. The van der Waals surface area contributed by atoms with Crippen molar-refractivity contribution < 1.29 is 18.0 Å². The summed E-state index contributed by atoms with van der Waals surface area (Å²) in [6.07, 6.45) is -3.21. The second-order valence-electron chi connectivity index (χ2n) is 1.76. The van der Waals surface area contributed by atoms with Crippen LogP contribution in [0.4, 0.5) is 13.2 Å². The van der Waals surface area contributed by atoms with Crippen LogP contribution in [-0.2, 0) is 11.0 Å². The molecule has 11 heavy (non-hydrogen) atoms. The van der Waals surface area contributed by atoms with Crippen molar-refractivity contribution in [2.24, 2.45) is 0 Å². The van der Waals surface area contributed by atoms with E-state index in [2.05, 4.69) is 0 Å². The van der Waals surface area contributed by atoms with Gasteiger partial charge in [-0.1, -0.05) is 0 Å². The summed E-state index contributed by atoms with van der Waals surface area (Å²) in [6.45, 7) is 0. The molecule has 0 unspecified atom stereocenters. The first-order chi connectivity index (χ1) is 5.05. The van der Waals surface area contributed by atoms with E-state index in [4.69, 9.17) is 0 Å². The Morgan fingerprint density at radius 2 is 2.09 bits per heavy atom. The van der Waals surface area contributed by atoms with Crippen LogP contribution in [0.2, 0.25) is 0 Å². The van der Waals surface area contributed by atoms with E-state index in [0.717, 1.165) is 17.4 Å². The topological polar surface area (TPSA) is 17.1 Å². The van der Waals surface area contributed by atoms with Crippen LogP contribution in [0.5, 0.6) is 0 Å². The molecule has 1 aromatic heterocycles. The third-order valence-electron chi connectivity index (χ3n) is 1.06. The van der Waals surface area contributed by atoms with Crippen molar-refractivity contribution in [2.75, 3.05) is 0 Å². The number of hydrogen-bond donors (Lipinski definition) is 0.